The van der Waals surface area contributed by atoms with Gasteiger partial charge in [-0.1, -0.05) is 0 Å². The molecule has 0 unspecified atom stereocenters. The summed E-state index contributed by atoms with van der Waals surface area (Å²) in [5.74, 6) is 1.47. The Morgan fingerprint density at radius 2 is 1.94 bits per heavy atom. The molecule has 2 heterocycles. The molecule has 1 aromatic rings. The van der Waals surface area contributed by atoms with E-state index in [-0.39, 0.29) is 0 Å². The number of nitrogens with zero attached hydrogens (tertiary/aromatic N) is 2. The van der Waals surface area contributed by atoms with Crippen LogP contribution in [0.5, 0.6) is 11.5 Å². The van der Waals surface area contributed by atoms with Gasteiger partial charge in [-0.3, -0.25) is 0 Å². The summed E-state index contributed by atoms with van der Waals surface area (Å²) < 4.78 is 11.3. The number of piperazine rings is 1. The second kappa shape index (κ2) is 4.75. The Bertz CT molecular complexity index is 490. The Hall–Kier alpha value is -1.93. The normalized spacial score (nSPS) is 18.3. The van der Waals surface area contributed by atoms with E-state index >= 15 is 0 Å². The summed E-state index contributed by atoms with van der Waals surface area (Å²) in [6.45, 7) is 4.86. The molecule has 5 nitrogen and oxygen atoms in total. The van der Waals surface area contributed by atoms with Crippen molar-refractivity contribution in [1.82, 2.24) is 5.32 Å². The fraction of sp³-hybridized carbons (Fsp3) is 0.462. The van der Waals surface area contributed by atoms with E-state index in [0.29, 0.717) is 24.5 Å². The van der Waals surface area contributed by atoms with Gasteiger partial charge >= 0.3 is 0 Å². The fourth-order valence-corrected chi connectivity index (χ4v) is 2.34. The zero-order valence-corrected chi connectivity index (χ0v) is 10.1. The molecule has 0 radical (unpaired) electrons. The number of benzene rings is 1. The molecule has 1 saturated heterocycles. The first-order valence-electron chi connectivity index (χ1n) is 6.18. The molecular weight excluding hydrogens is 230 g/mol. The molecule has 5 heteroatoms. The van der Waals surface area contributed by atoms with Gasteiger partial charge in [0, 0.05) is 32.2 Å². The van der Waals surface area contributed by atoms with Gasteiger partial charge in [0.25, 0.3) is 0 Å². The number of ether oxygens (including phenoxy) is 2. The Morgan fingerprint density at radius 1 is 1.17 bits per heavy atom. The van der Waals surface area contributed by atoms with E-state index in [9.17, 15) is 0 Å². The van der Waals surface area contributed by atoms with Crippen molar-refractivity contribution < 1.29 is 9.47 Å². The van der Waals surface area contributed by atoms with Gasteiger partial charge in [0.05, 0.1) is 17.3 Å². The Kier molecular flexibility index (Phi) is 2.95. The van der Waals surface area contributed by atoms with Crippen molar-refractivity contribution >= 4 is 5.69 Å². The van der Waals surface area contributed by atoms with Crippen LogP contribution in [0.4, 0.5) is 5.69 Å². The quantitative estimate of drug-likeness (QED) is 0.790. The van der Waals surface area contributed by atoms with Gasteiger partial charge in [-0.05, 0) is 6.07 Å². The molecule has 0 atom stereocenters. The largest absolute Gasteiger partial charge is 0.486 e. The number of anilines is 1. The Balaban J connectivity index is 2.03. The first-order chi connectivity index (χ1) is 8.88. The maximum Gasteiger partial charge on any atom is 0.184 e. The molecule has 1 N–H and O–H groups in total. The summed E-state index contributed by atoms with van der Waals surface area (Å²) in [6, 6.07) is 5.82. The van der Waals surface area contributed by atoms with Gasteiger partial charge < -0.3 is 19.7 Å². The number of rotatable bonds is 1. The molecule has 0 spiro atoms. The molecule has 2 aliphatic heterocycles. The number of nitriles is 1. The van der Waals surface area contributed by atoms with Crippen molar-refractivity contribution in [3.05, 3.63) is 17.7 Å². The smallest absolute Gasteiger partial charge is 0.184 e. The lowest BCUT2D eigenvalue weighted by atomic mass is 10.1. The van der Waals surface area contributed by atoms with E-state index in [1.54, 1.807) is 6.07 Å². The molecule has 1 fully saturated rings. The van der Waals surface area contributed by atoms with Gasteiger partial charge in [-0.25, -0.2) is 0 Å². The second-order valence-corrected chi connectivity index (χ2v) is 4.37. The zero-order valence-electron chi connectivity index (χ0n) is 10.1. The van der Waals surface area contributed by atoms with E-state index in [0.717, 1.165) is 37.6 Å². The number of fused-ring (bicyclic) bond motifs is 1. The second-order valence-electron chi connectivity index (χ2n) is 4.37. The molecule has 0 aromatic heterocycles. The van der Waals surface area contributed by atoms with Crippen molar-refractivity contribution in [3.63, 3.8) is 0 Å². The molecular formula is C13H15N3O2. The summed E-state index contributed by atoms with van der Waals surface area (Å²) in [6.07, 6.45) is 0. The van der Waals surface area contributed by atoms with Gasteiger partial charge in [-0.15, -0.1) is 0 Å². The third-order valence-electron chi connectivity index (χ3n) is 3.21. The van der Waals surface area contributed by atoms with Crippen LogP contribution in [0.1, 0.15) is 5.56 Å². The molecule has 0 bridgehead atoms. The highest BCUT2D eigenvalue weighted by Gasteiger charge is 2.22. The first kappa shape index (κ1) is 11.2. The van der Waals surface area contributed by atoms with E-state index in [1.165, 1.54) is 0 Å². The van der Waals surface area contributed by atoms with Gasteiger partial charge in [0.1, 0.15) is 13.2 Å². The van der Waals surface area contributed by atoms with E-state index in [4.69, 9.17) is 14.7 Å². The van der Waals surface area contributed by atoms with Crippen molar-refractivity contribution in [2.75, 3.05) is 44.3 Å². The van der Waals surface area contributed by atoms with E-state index in [2.05, 4.69) is 16.3 Å². The molecule has 2 aliphatic rings. The van der Waals surface area contributed by atoms with E-state index < -0.39 is 0 Å². The Morgan fingerprint density at radius 3 is 2.72 bits per heavy atom. The zero-order chi connectivity index (χ0) is 12.4. The van der Waals surface area contributed by atoms with Crippen molar-refractivity contribution in [3.8, 4) is 17.6 Å². The maximum absolute atomic E-state index is 9.08. The summed E-state index contributed by atoms with van der Waals surface area (Å²) in [5, 5.41) is 12.4. The van der Waals surface area contributed by atoms with Crippen molar-refractivity contribution in [1.29, 1.82) is 5.26 Å². The van der Waals surface area contributed by atoms with Crippen LogP contribution in [0, 0.1) is 11.3 Å². The van der Waals surface area contributed by atoms with Crippen LogP contribution in [0.15, 0.2) is 12.1 Å². The van der Waals surface area contributed by atoms with Gasteiger partial charge in [0.15, 0.2) is 11.5 Å². The van der Waals surface area contributed by atoms with Crippen LogP contribution in [0.2, 0.25) is 0 Å². The predicted octanol–water partition coefficient (Wildman–Crippen LogP) is 0.739. The third-order valence-corrected chi connectivity index (χ3v) is 3.21. The van der Waals surface area contributed by atoms with Crippen LogP contribution in [-0.2, 0) is 0 Å². The third kappa shape index (κ3) is 1.95. The predicted molar refractivity (Wildman–Crippen MR) is 67.2 cm³/mol. The van der Waals surface area contributed by atoms with Crippen LogP contribution in [-0.4, -0.2) is 39.4 Å². The number of hydrogen-bond acceptors (Lipinski definition) is 5. The summed E-state index contributed by atoms with van der Waals surface area (Å²) in [7, 11) is 0. The SMILES string of the molecule is N#Cc1cc2c(c(N3CCNCC3)c1)OCCO2. The standard InChI is InChI=1S/C13H15N3O2/c14-9-10-7-11(16-3-1-15-2-4-16)13-12(8-10)17-5-6-18-13/h7-8,15H,1-6H2. The van der Waals surface area contributed by atoms with Crippen molar-refractivity contribution in [2.24, 2.45) is 0 Å². The highest BCUT2D eigenvalue weighted by atomic mass is 16.6. The first-order valence-corrected chi connectivity index (χ1v) is 6.18. The minimum absolute atomic E-state index is 0.545. The summed E-state index contributed by atoms with van der Waals surface area (Å²) in [4.78, 5) is 2.24. The van der Waals surface area contributed by atoms with Crippen LogP contribution < -0.4 is 19.7 Å². The molecule has 1 aromatic carbocycles. The average molecular weight is 245 g/mol. The van der Waals surface area contributed by atoms with Crippen LogP contribution >= 0.6 is 0 Å². The summed E-state index contributed by atoms with van der Waals surface area (Å²) >= 11 is 0. The monoisotopic (exact) mass is 245 g/mol. The average Bonchev–Trinajstić information content (AvgIpc) is 2.47. The number of nitrogens with one attached hydrogen (secondary N) is 1. The molecule has 0 aliphatic carbocycles. The Labute approximate surface area is 106 Å². The lowest BCUT2D eigenvalue weighted by Crippen LogP contribution is -2.43. The molecule has 18 heavy (non-hydrogen) atoms. The fourth-order valence-electron chi connectivity index (χ4n) is 2.34. The van der Waals surface area contributed by atoms with Crippen LogP contribution in [0.25, 0.3) is 0 Å². The van der Waals surface area contributed by atoms with Crippen LogP contribution in [0.3, 0.4) is 0 Å². The minimum Gasteiger partial charge on any atom is -0.486 e. The maximum atomic E-state index is 9.08. The topological polar surface area (TPSA) is 57.5 Å². The lowest BCUT2D eigenvalue weighted by Gasteiger charge is -2.32. The molecule has 3 rings (SSSR count). The molecule has 94 valence electrons. The van der Waals surface area contributed by atoms with E-state index in [1.807, 2.05) is 6.07 Å². The highest BCUT2D eigenvalue weighted by Crippen LogP contribution is 2.40. The number of hydrogen-bond donors (Lipinski definition) is 1. The minimum atomic E-state index is 0.545. The molecule has 0 amide bonds. The lowest BCUT2D eigenvalue weighted by molar-refractivity contribution is 0.172. The molecule has 0 saturated carbocycles. The van der Waals surface area contributed by atoms with Gasteiger partial charge in [0.2, 0.25) is 0 Å². The highest BCUT2D eigenvalue weighted by molar-refractivity contribution is 5.68. The van der Waals surface area contributed by atoms with Crippen molar-refractivity contribution in [2.45, 2.75) is 0 Å². The van der Waals surface area contributed by atoms with Gasteiger partial charge in [-0.2, -0.15) is 5.26 Å². The summed E-state index contributed by atoms with van der Waals surface area (Å²) in [5.41, 5.74) is 1.60.